The maximum absolute atomic E-state index is 9.50. The molecule has 2 N–H and O–H groups in total. The monoisotopic (exact) mass is 127 g/mol. The van der Waals surface area contributed by atoms with Gasteiger partial charge in [0, 0.05) is 5.69 Å². The van der Waals surface area contributed by atoms with Gasteiger partial charge in [-0.15, -0.1) is 0 Å². The molecule has 0 fully saturated rings. The first kappa shape index (κ1) is 7.95. The second-order valence-electron chi connectivity index (χ2n) is 1.41. The summed E-state index contributed by atoms with van der Waals surface area (Å²) < 4.78 is 9.50. The molecule has 0 aromatic heterocycles. The summed E-state index contributed by atoms with van der Waals surface area (Å²) in [4.78, 5) is 0. The molecule has 0 saturated carbocycles. The van der Waals surface area contributed by atoms with Crippen molar-refractivity contribution >= 4 is 5.69 Å². The lowest BCUT2D eigenvalue weighted by Gasteiger charge is -1.83. The zero-order valence-corrected chi connectivity index (χ0v) is 5.34. The Morgan fingerprint density at radius 2 is 1.56 bits per heavy atom. The summed E-state index contributed by atoms with van der Waals surface area (Å²) >= 11 is 0. The number of nitrogen functional groups attached to an aromatic ring is 1. The van der Waals surface area contributed by atoms with Gasteiger partial charge in [-0.2, -0.15) is 0 Å². The van der Waals surface area contributed by atoms with Crippen molar-refractivity contribution in [2.24, 2.45) is 0 Å². The molecule has 2 heteroatoms. The summed E-state index contributed by atoms with van der Waals surface area (Å²) in [5, 5.41) is 0. The van der Waals surface area contributed by atoms with Crippen LogP contribution in [0.2, 0.25) is 0 Å². The molecule has 0 atom stereocenters. The van der Waals surface area contributed by atoms with Crippen LogP contribution in [0.3, 0.4) is 0 Å². The molecule has 0 bridgehead atoms. The van der Waals surface area contributed by atoms with Gasteiger partial charge in [0.05, 0.1) is 7.18 Å². The highest BCUT2D eigenvalue weighted by molar-refractivity contribution is 5.35. The Balaban J connectivity index is 0.000000291. The number of rotatable bonds is 0. The first-order valence-corrected chi connectivity index (χ1v) is 2.58. The first-order chi connectivity index (χ1) is 4.39. The van der Waals surface area contributed by atoms with Crippen LogP contribution in [-0.4, -0.2) is 7.18 Å². The molecule has 0 aliphatic carbocycles. The van der Waals surface area contributed by atoms with Gasteiger partial charge in [-0.05, 0) is 12.1 Å². The standard InChI is InChI=1S/C6H7N.CH3F/c7-6-4-2-1-3-5-6;1-2/h1-5H,7H2;1H3. The predicted molar refractivity (Wildman–Crippen MR) is 37.9 cm³/mol. The molecule has 1 nitrogen and oxygen atoms in total. The normalized spacial score (nSPS) is 7.33. The van der Waals surface area contributed by atoms with E-state index in [0.717, 1.165) is 5.69 Å². The first-order valence-electron chi connectivity index (χ1n) is 2.58. The Morgan fingerprint density at radius 3 is 1.78 bits per heavy atom. The zero-order valence-electron chi connectivity index (χ0n) is 5.34. The van der Waals surface area contributed by atoms with Crippen molar-refractivity contribution in [1.29, 1.82) is 0 Å². The highest BCUT2D eigenvalue weighted by Crippen LogP contribution is 1.95. The van der Waals surface area contributed by atoms with Crippen molar-refractivity contribution in [3.05, 3.63) is 30.3 Å². The number of anilines is 1. The quantitative estimate of drug-likeness (QED) is 0.529. The topological polar surface area (TPSA) is 26.0 Å². The molecule has 0 radical (unpaired) electrons. The third-order valence-corrected chi connectivity index (χ3v) is 0.800. The molecule has 1 aromatic rings. The van der Waals surface area contributed by atoms with Crippen molar-refractivity contribution in [1.82, 2.24) is 0 Å². The second-order valence-corrected chi connectivity index (χ2v) is 1.41. The SMILES string of the molecule is CF.Nc1ccccc1. The van der Waals surface area contributed by atoms with E-state index < -0.39 is 0 Å². The Morgan fingerprint density at radius 1 is 1.11 bits per heavy atom. The van der Waals surface area contributed by atoms with Crippen LogP contribution in [-0.2, 0) is 0 Å². The van der Waals surface area contributed by atoms with E-state index in [1.807, 2.05) is 30.3 Å². The molecule has 1 aromatic carbocycles. The summed E-state index contributed by atoms with van der Waals surface area (Å²) in [6.07, 6.45) is 0. The van der Waals surface area contributed by atoms with Gasteiger partial charge in [0.15, 0.2) is 0 Å². The summed E-state index contributed by atoms with van der Waals surface area (Å²) in [7, 11) is 0.500. The molecular weight excluding hydrogens is 117 g/mol. The number of hydrogen-bond donors (Lipinski definition) is 1. The number of alkyl halides is 1. The van der Waals surface area contributed by atoms with Crippen molar-refractivity contribution in [2.75, 3.05) is 12.9 Å². The number of hydrogen-bond acceptors (Lipinski definition) is 1. The minimum atomic E-state index is 0.500. The lowest BCUT2D eigenvalue weighted by Crippen LogP contribution is -1.79. The molecule has 0 unspecified atom stereocenters. The Labute approximate surface area is 54.3 Å². The van der Waals surface area contributed by atoms with Crippen molar-refractivity contribution in [3.8, 4) is 0 Å². The fourth-order valence-corrected chi connectivity index (χ4v) is 0.453. The number of nitrogens with two attached hydrogens (primary N) is 1. The maximum atomic E-state index is 9.50. The Bertz CT molecular complexity index is 139. The molecule has 0 aliphatic heterocycles. The molecule has 0 spiro atoms. The molecule has 50 valence electrons. The van der Waals surface area contributed by atoms with Crippen LogP contribution < -0.4 is 5.73 Å². The van der Waals surface area contributed by atoms with Crippen LogP contribution in [0.25, 0.3) is 0 Å². The van der Waals surface area contributed by atoms with E-state index in [9.17, 15) is 4.39 Å². The molecule has 0 amide bonds. The molecule has 0 aliphatic rings. The van der Waals surface area contributed by atoms with Gasteiger partial charge in [0.25, 0.3) is 0 Å². The van der Waals surface area contributed by atoms with E-state index in [0.29, 0.717) is 7.18 Å². The van der Waals surface area contributed by atoms with Gasteiger partial charge in [-0.3, -0.25) is 4.39 Å². The summed E-state index contributed by atoms with van der Waals surface area (Å²) in [6, 6.07) is 9.49. The van der Waals surface area contributed by atoms with Crippen LogP contribution in [0.5, 0.6) is 0 Å². The smallest absolute Gasteiger partial charge is 0.0785 e. The Hall–Kier alpha value is -1.05. The molecular formula is C7H10FN. The highest BCUT2D eigenvalue weighted by atomic mass is 19.1. The fraction of sp³-hybridized carbons (Fsp3) is 0.143. The summed E-state index contributed by atoms with van der Waals surface area (Å²) in [5.74, 6) is 0. The van der Waals surface area contributed by atoms with Gasteiger partial charge in [-0.1, -0.05) is 18.2 Å². The van der Waals surface area contributed by atoms with E-state index in [1.165, 1.54) is 0 Å². The van der Waals surface area contributed by atoms with Crippen LogP contribution in [0.4, 0.5) is 10.1 Å². The summed E-state index contributed by atoms with van der Waals surface area (Å²) in [6.45, 7) is 0. The van der Waals surface area contributed by atoms with Crippen LogP contribution >= 0.6 is 0 Å². The molecule has 1 rings (SSSR count). The average Bonchev–Trinajstić information content (AvgIpc) is 1.94. The van der Waals surface area contributed by atoms with E-state index >= 15 is 0 Å². The fourth-order valence-electron chi connectivity index (χ4n) is 0.453. The van der Waals surface area contributed by atoms with Crippen molar-refractivity contribution in [2.45, 2.75) is 0 Å². The van der Waals surface area contributed by atoms with E-state index in [1.54, 1.807) is 0 Å². The number of halogens is 1. The second kappa shape index (κ2) is 5.09. The van der Waals surface area contributed by atoms with E-state index in [2.05, 4.69) is 0 Å². The predicted octanol–water partition coefficient (Wildman–Crippen LogP) is 1.85. The van der Waals surface area contributed by atoms with E-state index in [4.69, 9.17) is 5.73 Å². The van der Waals surface area contributed by atoms with Crippen LogP contribution in [0, 0.1) is 0 Å². The van der Waals surface area contributed by atoms with Gasteiger partial charge < -0.3 is 5.73 Å². The van der Waals surface area contributed by atoms with Gasteiger partial charge in [0.1, 0.15) is 0 Å². The maximum Gasteiger partial charge on any atom is 0.0785 e. The average molecular weight is 127 g/mol. The minimum absolute atomic E-state index is 0.500. The third-order valence-electron chi connectivity index (χ3n) is 0.800. The molecule has 0 saturated heterocycles. The molecule has 9 heavy (non-hydrogen) atoms. The van der Waals surface area contributed by atoms with E-state index in [-0.39, 0.29) is 0 Å². The lowest BCUT2D eigenvalue weighted by atomic mass is 10.3. The third kappa shape index (κ3) is 3.53. The van der Waals surface area contributed by atoms with Gasteiger partial charge in [-0.25, -0.2) is 0 Å². The van der Waals surface area contributed by atoms with Crippen LogP contribution in [0.1, 0.15) is 0 Å². The number of benzene rings is 1. The van der Waals surface area contributed by atoms with Crippen molar-refractivity contribution < 1.29 is 4.39 Å². The Kier molecular flexibility index (Phi) is 4.50. The lowest BCUT2D eigenvalue weighted by molar-refractivity contribution is 0.636. The largest absolute Gasteiger partial charge is 0.399 e. The van der Waals surface area contributed by atoms with Crippen molar-refractivity contribution in [3.63, 3.8) is 0 Å². The van der Waals surface area contributed by atoms with Crippen LogP contribution in [0.15, 0.2) is 30.3 Å². The zero-order chi connectivity index (χ0) is 7.11. The molecule has 0 heterocycles. The summed E-state index contributed by atoms with van der Waals surface area (Å²) in [5.41, 5.74) is 6.18. The van der Waals surface area contributed by atoms with Gasteiger partial charge >= 0.3 is 0 Å². The van der Waals surface area contributed by atoms with Gasteiger partial charge in [0.2, 0.25) is 0 Å². The highest BCUT2D eigenvalue weighted by Gasteiger charge is 1.72. The minimum Gasteiger partial charge on any atom is -0.399 e. The number of para-hydroxylation sites is 1.